The molecule has 0 saturated heterocycles. The second-order valence-electron chi connectivity index (χ2n) is 3.30. The summed E-state index contributed by atoms with van der Waals surface area (Å²) in [4.78, 5) is 0. The van der Waals surface area contributed by atoms with Gasteiger partial charge in [0.2, 0.25) is 0 Å². The van der Waals surface area contributed by atoms with Crippen molar-refractivity contribution in [2.24, 2.45) is 0 Å². The van der Waals surface area contributed by atoms with Gasteiger partial charge in [0.1, 0.15) is 0 Å². The van der Waals surface area contributed by atoms with Crippen molar-refractivity contribution < 1.29 is 0 Å². The van der Waals surface area contributed by atoms with E-state index >= 15 is 0 Å². The zero-order valence-corrected chi connectivity index (χ0v) is 7.17. The van der Waals surface area contributed by atoms with E-state index in [2.05, 4.69) is 23.6 Å². The highest BCUT2D eigenvalue weighted by atomic mass is 15.3. The van der Waals surface area contributed by atoms with Crippen LogP contribution in [0.5, 0.6) is 0 Å². The van der Waals surface area contributed by atoms with Gasteiger partial charge in [0.15, 0.2) is 0 Å². The van der Waals surface area contributed by atoms with Crippen molar-refractivity contribution in [3.63, 3.8) is 0 Å². The molecule has 1 heterocycles. The van der Waals surface area contributed by atoms with Crippen molar-refractivity contribution in [2.45, 2.75) is 39.2 Å². The van der Waals surface area contributed by atoms with E-state index in [0.717, 1.165) is 12.5 Å². The van der Waals surface area contributed by atoms with E-state index < -0.39 is 0 Å². The van der Waals surface area contributed by atoms with Gasteiger partial charge in [-0.3, -0.25) is 4.68 Å². The summed E-state index contributed by atoms with van der Waals surface area (Å²) >= 11 is 0. The summed E-state index contributed by atoms with van der Waals surface area (Å²) in [6, 6.07) is 0. The summed E-state index contributed by atoms with van der Waals surface area (Å²) in [5.74, 6) is 0.741. The Labute approximate surface area is 67.2 Å². The molecule has 0 saturated carbocycles. The summed E-state index contributed by atoms with van der Waals surface area (Å²) in [6.45, 7) is 5.45. The van der Waals surface area contributed by atoms with Crippen LogP contribution in [0.3, 0.4) is 0 Å². The van der Waals surface area contributed by atoms with Crippen LogP contribution in [-0.4, -0.2) is 9.78 Å². The number of hydrogen-bond acceptors (Lipinski definition) is 1. The topological polar surface area (TPSA) is 17.8 Å². The normalized spacial score (nSPS) is 22.2. The molecular weight excluding hydrogens is 136 g/mol. The van der Waals surface area contributed by atoms with E-state index in [4.69, 9.17) is 0 Å². The predicted molar refractivity (Wildman–Crippen MR) is 44.6 cm³/mol. The first-order chi connectivity index (χ1) is 5.33. The molecule has 1 aromatic rings. The van der Waals surface area contributed by atoms with Gasteiger partial charge in [-0.05, 0) is 31.2 Å². The minimum atomic E-state index is 0.741. The Hall–Kier alpha value is -0.790. The van der Waals surface area contributed by atoms with E-state index in [9.17, 15) is 0 Å². The molecule has 2 rings (SSSR count). The Balaban J connectivity index is 2.44. The first kappa shape index (κ1) is 6.89. The molecule has 60 valence electrons. The Bertz CT molecular complexity index is 263. The highest BCUT2D eigenvalue weighted by molar-refractivity contribution is 5.27. The largest absolute Gasteiger partial charge is 0.270 e. The zero-order valence-electron chi connectivity index (χ0n) is 7.17. The molecule has 0 amide bonds. The fourth-order valence-electron chi connectivity index (χ4n) is 1.89. The van der Waals surface area contributed by atoms with Crippen LogP contribution in [0.15, 0.2) is 6.20 Å². The summed E-state index contributed by atoms with van der Waals surface area (Å²) in [5.41, 5.74) is 2.95. The molecule has 0 spiro atoms. The Kier molecular flexibility index (Phi) is 1.48. The lowest BCUT2D eigenvalue weighted by atomic mass is 10.1. The number of aryl methyl sites for hydroxylation is 1. The van der Waals surface area contributed by atoms with Gasteiger partial charge < -0.3 is 0 Å². The molecule has 0 aliphatic heterocycles. The lowest BCUT2D eigenvalue weighted by Gasteiger charge is -1.98. The average molecular weight is 150 g/mol. The van der Waals surface area contributed by atoms with E-state index in [1.807, 2.05) is 6.20 Å². The van der Waals surface area contributed by atoms with Crippen LogP contribution in [-0.2, 0) is 13.0 Å². The summed E-state index contributed by atoms with van der Waals surface area (Å²) in [7, 11) is 0. The molecule has 0 radical (unpaired) electrons. The Morgan fingerprint density at radius 2 is 2.55 bits per heavy atom. The number of rotatable bonds is 1. The van der Waals surface area contributed by atoms with Crippen LogP contribution >= 0.6 is 0 Å². The molecule has 0 fully saturated rings. The van der Waals surface area contributed by atoms with Gasteiger partial charge in [0.05, 0.1) is 6.20 Å². The van der Waals surface area contributed by atoms with Crippen molar-refractivity contribution in [3.05, 3.63) is 17.5 Å². The highest BCUT2D eigenvalue weighted by Crippen LogP contribution is 2.31. The van der Waals surface area contributed by atoms with Crippen molar-refractivity contribution in [2.75, 3.05) is 0 Å². The summed E-state index contributed by atoms with van der Waals surface area (Å²) in [5, 5.41) is 4.32. The van der Waals surface area contributed by atoms with Gasteiger partial charge in [-0.15, -0.1) is 0 Å². The summed E-state index contributed by atoms with van der Waals surface area (Å²) in [6.07, 6.45) is 4.58. The molecule has 0 N–H and O–H groups in total. The van der Waals surface area contributed by atoms with Crippen molar-refractivity contribution in [3.8, 4) is 0 Å². The highest BCUT2D eigenvalue weighted by Gasteiger charge is 2.22. The predicted octanol–water partition coefficient (Wildman–Crippen LogP) is 1.95. The van der Waals surface area contributed by atoms with Crippen LogP contribution in [0.2, 0.25) is 0 Å². The molecule has 0 bridgehead atoms. The van der Waals surface area contributed by atoms with Gasteiger partial charge in [0, 0.05) is 12.2 Å². The first-order valence-corrected chi connectivity index (χ1v) is 4.37. The molecular formula is C9H14N2. The second kappa shape index (κ2) is 2.36. The quantitative estimate of drug-likeness (QED) is 0.598. The van der Waals surface area contributed by atoms with Crippen LogP contribution < -0.4 is 0 Å². The standard InChI is InChI=1S/C9H14N2/c1-3-11-9-5-4-7(2)8(9)6-10-11/h6-7H,3-5H2,1-2H3/t7-/m0/s1. The van der Waals surface area contributed by atoms with Crippen LogP contribution in [0.4, 0.5) is 0 Å². The zero-order chi connectivity index (χ0) is 7.84. The monoisotopic (exact) mass is 150 g/mol. The third-order valence-corrected chi connectivity index (χ3v) is 2.63. The van der Waals surface area contributed by atoms with E-state index in [-0.39, 0.29) is 0 Å². The van der Waals surface area contributed by atoms with Crippen LogP contribution in [0, 0.1) is 0 Å². The fraction of sp³-hybridized carbons (Fsp3) is 0.667. The van der Waals surface area contributed by atoms with Crippen LogP contribution in [0.25, 0.3) is 0 Å². The van der Waals surface area contributed by atoms with Gasteiger partial charge in [-0.1, -0.05) is 6.92 Å². The third kappa shape index (κ3) is 0.889. The van der Waals surface area contributed by atoms with Gasteiger partial charge in [0.25, 0.3) is 0 Å². The maximum absolute atomic E-state index is 4.32. The van der Waals surface area contributed by atoms with Crippen molar-refractivity contribution in [1.29, 1.82) is 0 Å². The van der Waals surface area contributed by atoms with Gasteiger partial charge in [-0.2, -0.15) is 5.10 Å². The third-order valence-electron chi connectivity index (χ3n) is 2.63. The molecule has 11 heavy (non-hydrogen) atoms. The number of nitrogens with zero attached hydrogens (tertiary/aromatic N) is 2. The lowest BCUT2D eigenvalue weighted by Crippen LogP contribution is -2.00. The Morgan fingerprint density at radius 1 is 1.73 bits per heavy atom. The van der Waals surface area contributed by atoms with E-state index in [1.54, 1.807) is 0 Å². The first-order valence-electron chi connectivity index (χ1n) is 4.37. The molecule has 1 aliphatic rings. The molecule has 2 nitrogen and oxygen atoms in total. The number of aromatic nitrogens is 2. The molecule has 0 aromatic carbocycles. The molecule has 2 heteroatoms. The van der Waals surface area contributed by atoms with E-state index in [1.165, 1.54) is 24.1 Å². The smallest absolute Gasteiger partial charge is 0.0527 e. The minimum absolute atomic E-state index is 0.741. The SMILES string of the molecule is CCn1ncc2c1CC[C@@H]2C. The number of hydrogen-bond donors (Lipinski definition) is 0. The second-order valence-corrected chi connectivity index (χ2v) is 3.30. The molecule has 1 aliphatic carbocycles. The Morgan fingerprint density at radius 3 is 3.27 bits per heavy atom. The fourth-order valence-corrected chi connectivity index (χ4v) is 1.89. The molecule has 1 atom stereocenters. The molecule has 0 unspecified atom stereocenters. The van der Waals surface area contributed by atoms with Crippen molar-refractivity contribution >= 4 is 0 Å². The summed E-state index contributed by atoms with van der Waals surface area (Å²) < 4.78 is 2.12. The minimum Gasteiger partial charge on any atom is -0.270 e. The number of fused-ring (bicyclic) bond motifs is 1. The van der Waals surface area contributed by atoms with E-state index in [0.29, 0.717) is 0 Å². The van der Waals surface area contributed by atoms with Crippen LogP contribution in [0.1, 0.15) is 37.4 Å². The average Bonchev–Trinajstić information content (AvgIpc) is 2.53. The lowest BCUT2D eigenvalue weighted by molar-refractivity contribution is 0.616. The van der Waals surface area contributed by atoms with Gasteiger partial charge in [-0.25, -0.2) is 0 Å². The maximum atomic E-state index is 4.32. The van der Waals surface area contributed by atoms with Crippen molar-refractivity contribution in [1.82, 2.24) is 9.78 Å². The molecule has 1 aromatic heterocycles. The van der Waals surface area contributed by atoms with Gasteiger partial charge >= 0.3 is 0 Å². The maximum Gasteiger partial charge on any atom is 0.0527 e.